The summed E-state index contributed by atoms with van der Waals surface area (Å²) >= 11 is 1.86. The van der Waals surface area contributed by atoms with Gasteiger partial charge in [0.05, 0.1) is 5.69 Å². The minimum atomic E-state index is -6.09. The zero-order valence-electron chi connectivity index (χ0n) is 13.1. The Balaban J connectivity index is 0.000000242. The van der Waals surface area contributed by atoms with Crippen LogP contribution in [0.4, 0.5) is 24.5 Å². The summed E-state index contributed by atoms with van der Waals surface area (Å²) in [6, 6.07) is 15.1. The number of nitrogens with one attached hydrogen (secondary N) is 1. The summed E-state index contributed by atoms with van der Waals surface area (Å²) in [4.78, 5) is 4.07. The van der Waals surface area contributed by atoms with Crippen LogP contribution in [-0.2, 0) is 21.0 Å². The molecule has 0 spiro atoms. The van der Waals surface area contributed by atoms with Gasteiger partial charge in [0.2, 0.25) is 0 Å². The first-order valence-corrected chi connectivity index (χ1v) is 11.0. The first-order chi connectivity index (χ1) is 11.5. The van der Waals surface area contributed by atoms with E-state index in [0.29, 0.717) is 0 Å². The predicted molar refractivity (Wildman–Crippen MR) is 93.5 cm³/mol. The molecule has 4 nitrogen and oxygen atoms in total. The van der Waals surface area contributed by atoms with Crippen LogP contribution in [0.25, 0.3) is 0 Å². The molecule has 2 aromatic carbocycles. The maximum Gasteiger partial charge on any atom is 0.485 e. The molecule has 3 rings (SSSR count). The van der Waals surface area contributed by atoms with Crippen molar-refractivity contribution < 1.29 is 26.1 Å². The SMILES string of the molecule is C[S+](C)c1cccc2c1Nc1ccccc1S2.O=S(=O)([O-])C(F)(F)F. The van der Waals surface area contributed by atoms with Gasteiger partial charge in [-0.2, -0.15) is 13.2 Å². The molecule has 1 N–H and O–H groups in total. The molecule has 2 aromatic rings. The summed E-state index contributed by atoms with van der Waals surface area (Å²) in [5.41, 5.74) is -3.13. The van der Waals surface area contributed by atoms with Gasteiger partial charge < -0.3 is 9.87 Å². The first kappa shape index (κ1) is 20.0. The number of alkyl halides is 3. The fraction of sp³-hybridized carbons (Fsp3) is 0.200. The molecule has 1 aliphatic rings. The van der Waals surface area contributed by atoms with Gasteiger partial charge >= 0.3 is 5.51 Å². The van der Waals surface area contributed by atoms with Crippen molar-refractivity contribution in [1.29, 1.82) is 0 Å². The highest BCUT2D eigenvalue weighted by molar-refractivity contribution is 8.00. The van der Waals surface area contributed by atoms with E-state index in [2.05, 4.69) is 60.3 Å². The third kappa shape index (κ3) is 4.84. The third-order valence-electron chi connectivity index (χ3n) is 3.08. The fourth-order valence-corrected chi connectivity index (χ4v) is 3.98. The van der Waals surface area contributed by atoms with E-state index in [-0.39, 0.29) is 10.9 Å². The molecule has 1 aliphatic heterocycles. The number of hydrogen-bond donors (Lipinski definition) is 1. The Morgan fingerprint density at radius 3 is 2.16 bits per heavy atom. The summed E-state index contributed by atoms with van der Waals surface area (Å²) < 4.78 is 58.9. The van der Waals surface area contributed by atoms with Crippen LogP contribution in [0.2, 0.25) is 0 Å². The molecule has 136 valence electrons. The maximum atomic E-state index is 10.7. The number of rotatable bonds is 1. The van der Waals surface area contributed by atoms with Crippen molar-refractivity contribution >= 4 is 44.1 Å². The van der Waals surface area contributed by atoms with Crippen molar-refractivity contribution in [2.45, 2.75) is 20.2 Å². The van der Waals surface area contributed by atoms with Crippen LogP contribution in [0.3, 0.4) is 0 Å². The predicted octanol–water partition coefficient (Wildman–Crippen LogP) is 4.18. The van der Waals surface area contributed by atoms with E-state index >= 15 is 0 Å². The smallest absolute Gasteiger partial charge is 0.485 e. The van der Waals surface area contributed by atoms with Crippen LogP contribution < -0.4 is 5.32 Å². The molecule has 10 heteroatoms. The number of hydrogen-bond acceptors (Lipinski definition) is 5. The average Bonchev–Trinajstić information content (AvgIpc) is 2.50. The van der Waals surface area contributed by atoms with Gasteiger partial charge in [-0.25, -0.2) is 8.42 Å². The van der Waals surface area contributed by atoms with Crippen LogP contribution in [0.1, 0.15) is 0 Å². The molecule has 0 atom stereocenters. The summed E-state index contributed by atoms with van der Waals surface area (Å²) in [7, 11) is -5.81. The molecule has 0 saturated carbocycles. The molecule has 0 saturated heterocycles. The molecule has 0 radical (unpaired) electrons. The van der Waals surface area contributed by atoms with Gasteiger partial charge in [0.25, 0.3) is 0 Å². The Kier molecular flexibility index (Phi) is 5.97. The fourth-order valence-electron chi connectivity index (χ4n) is 1.97. The second-order valence-corrected chi connectivity index (χ2v) is 9.60. The molecular weight excluding hydrogens is 395 g/mol. The third-order valence-corrected chi connectivity index (χ3v) is 6.00. The Hall–Kier alpha value is -1.36. The van der Waals surface area contributed by atoms with E-state index in [1.165, 1.54) is 26.1 Å². The van der Waals surface area contributed by atoms with E-state index in [1.807, 2.05) is 11.8 Å². The van der Waals surface area contributed by atoms with Crippen molar-refractivity contribution in [3.05, 3.63) is 42.5 Å². The summed E-state index contributed by atoms with van der Waals surface area (Å²) in [6.07, 6.45) is 4.53. The molecular formula is C15H14F3NO3S3. The van der Waals surface area contributed by atoms with Crippen molar-refractivity contribution in [3.63, 3.8) is 0 Å². The van der Waals surface area contributed by atoms with Gasteiger partial charge in [-0.1, -0.05) is 30.0 Å². The Labute approximate surface area is 150 Å². The Bertz CT molecular complexity index is 868. The molecule has 0 fully saturated rings. The lowest BCUT2D eigenvalue weighted by molar-refractivity contribution is -0.0517. The lowest BCUT2D eigenvalue weighted by Crippen LogP contribution is -2.21. The van der Waals surface area contributed by atoms with Crippen LogP contribution in [0.15, 0.2) is 57.2 Å². The number of para-hydroxylation sites is 2. The van der Waals surface area contributed by atoms with Gasteiger partial charge in [0, 0.05) is 20.7 Å². The monoisotopic (exact) mass is 409 g/mol. The molecule has 0 unspecified atom stereocenters. The molecule has 1 heterocycles. The highest BCUT2D eigenvalue weighted by Gasteiger charge is 2.36. The standard InChI is InChI=1S/C14H14NS2.CHF3O3S/c1-17(2)13-9-5-8-12-14(13)15-10-6-3-4-7-11(10)16-12;2-1(3,4)8(5,6)7/h3-9,15H,1-2H3;(H,5,6,7)/q+1;/p-1. The van der Waals surface area contributed by atoms with Crippen LogP contribution in [0.5, 0.6) is 0 Å². The van der Waals surface area contributed by atoms with Crippen LogP contribution in [0, 0.1) is 0 Å². The highest BCUT2D eigenvalue weighted by Crippen LogP contribution is 2.46. The average molecular weight is 409 g/mol. The topological polar surface area (TPSA) is 69.2 Å². The summed E-state index contributed by atoms with van der Waals surface area (Å²) in [5, 5.41) is 3.58. The minimum absolute atomic E-state index is 0.279. The molecule has 25 heavy (non-hydrogen) atoms. The highest BCUT2D eigenvalue weighted by atomic mass is 32.2. The number of anilines is 2. The van der Waals surface area contributed by atoms with Crippen molar-refractivity contribution in [2.75, 3.05) is 17.8 Å². The van der Waals surface area contributed by atoms with E-state index in [0.717, 1.165) is 0 Å². The quantitative estimate of drug-likeness (QED) is 0.371. The lowest BCUT2D eigenvalue weighted by atomic mass is 10.2. The molecule has 0 aliphatic carbocycles. The number of halogens is 3. The van der Waals surface area contributed by atoms with E-state index in [1.54, 1.807) is 0 Å². The lowest BCUT2D eigenvalue weighted by Gasteiger charge is -2.21. The second kappa shape index (κ2) is 7.48. The van der Waals surface area contributed by atoms with Gasteiger partial charge in [-0.15, -0.1) is 0 Å². The summed E-state index contributed by atoms with van der Waals surface area (Å²) in [6.45, 7) is 0. The Morgan fingerprint density at radius 1 is 1.04 bits per heavy atom. The van der Waals surface area contributed by atoms with Gasteiger partial charge in [-0.05, 0) is 24.3 Å². The zero-order chi connectivity index (χ0) is 18.8. The van der Waals surface area contributed by atoms with Crippen molar-refractivity contribution in [3.8, 4) is 0 Å². The van der Waals surface area contributed by atoms with Crippen molar-refractivity contribution in [1.82, 2.24) is 0 Å². The van der Waals surface area contributed by atoms with E-state index in [4.69, 9.17) is 13.0 Å². The second-order valence-electron chi connectivity index (χ2n) is 5.07. The van der Waals surface area contributed by atoms with Crippen LogP contribution >= 0.6 is 11.8 Å². The Morgan fingerprint density at radius 2 is 1.60 bits per heavy atom. The van der Waals surface area contributed by atoms with E-state index in [9.17, 15) is 13.2 Å². The zero-order valence-corrected chi connectivity index (χ0v) is 15.6. The maximum absolute atomic E-state index is 10.7. The van der Waals surface area contributed by atoms with Gasteiger partial charge in [0.1, 0.15) is 18.2 Å². The minimum Gasteiger partial charge on any atom is -0.741 e. The molecule has 0 bridgehead atoms. The van der Waals surface area contributed by atoms with E-state index < -0.39 is 15.6 Å². The number of benzene rings is 2. The van der Waals surface area contributed by atoms with Crippen LogP contribution in [-0.4, -0.2) is 31.0 Å². The summed E-state index contributed by atoms with van der Waals surface area (Å²) in [5.74, 6) is 0. The molecule has 0 amide bonds. The van der Waals surface area contributed by atoms with Crippen molar-refractivity contribution in [2.24, 2.45) is 0 Å². The molecule has 0 aromatic heterocycles. The normalized spacial score (nSPS) is 13.2. The van der Waals surface area contributed by atoms with Gasteiger partial charge in [-0.3, -0.25) is 0 Å². The number of fused-ring (bicyclic) bond motifs is 2. The first-order valence-electron chi connectivity index (χ1n) is 6.77. The van der Waals surface area contributed by atoms with Gasteiger partial charge in [0.15, 0.2) is 15.0 Å². The largest absolute Gasteiger partial charge is 0.741 e.